The number of hydrogen-bond donors (Lipinski definition) is 0. The number of carbonyl (C=O) groups is 1. The van der Waals surface area contributed by atoms with Crippen LogP contribution in [0.4, 0.5) is 4.79 Å². The smallest absolute Gasteiger partial charge is 0.410 e. The number of nitrogens with zero attached hydrogens (tertiary/aromatic N) is 1. The minimum absolute atomic E-state index is 0.174. The molecule has 17 heavy (non-hydrogen) atoms. The van der Waals surface area contributed by atoms with E-state index in [-0.39, 0.29) is 12.1 Å². The van der Waals surface area contributed by atoms with Gasteiger partial charge in [-0.3, -0.25) is 0 Å². The SMILES string of the molecule is O=C1OC[C@@H](Cc2ccccc2)N1CCCBr. The molecule has 2 rings (SSSR count). The van der Waals surface area contributed by atoms with E-state index in [1.165, 1.54) is 5.56 Å². The highest BCUT2D eigenvalue weighted by atomic mass is 79.9. The molecule has 1 aromatic rings. The number of benzene rings is 1. The molecule has 0 spiro atoms. The minimum Gasteiger partial charge on any atom is -0.447 e. The quantitative estimate of drug-likeness (QED) is 0.782. The lowest BCUT2D eigenvalue weighted by Crippen LogP contribution is -2.35. The van der Waals surface area contributed by atoms with E-state index in [4.69, 9.17) is 4.74 Å². The Labute approximate surface area is 110 Å². The van der Waals surface area contributed by atoms with Gasteiger partial charge in [0.15, 0.2) is 0 Å². The summed E-state index contributed by atoms with van der Waals surface area (Å²) in [5.74, 6) is 0. The first-order valence-corrected chi connectivity index (χ1v) is 6.96. The Morgan fingerprint density at radius 3 is 2.82 bits per heavy atom. The van der Waals surface area contributed by atoms with Crippen molar-refractivity contribution in [1.29, 1.82) is 0 Å². The zero-order valence-electron chi connectivity index (χ0n) is 9.64. The van der Waals surface area contributed by atoms with Crippen LogP contribution < -0.4 is 0 Å². The van der Waals surface area contributed by atoms with Gasteiger partial charge in [0, 0.05) is 11.9 Å². The highest BCUT2D eigenvalue weighted by molar-refractivity contribution is 9.09. The van der Waals surface area contributed by atoms with Gasteiger partial charge in [0.2, 0.25) is 0 Å². The molecule has 0 saturated carbocycles. The maximum atomic E-state index is 11.6. The van der Waals surface area contributed by atoms with Crippen molar-refractivity contribution in [3.63, 3.8) is 0 Å². The Morgan fingerprint density at radius 1 is 1.35 bits per heavy atom. The number of carbonyl (C=O) groups excluding carboxylic acids is 1. The molecule has 0 unspecified atom stereocenters. The number of halogens is 1. The minimum atomic E-state index is -0.174. The lowest BCUT2D eigenvalue weighted by molar-refractivity contribution is 0.158. The maximum Gasteiger partial charge on any atom is 0.410 e. The largest absolute Gasteiger partial charge is 0.447 e. The van der Waals surface area contributed by atoms with Gasteiger partial charge in [0.05, 0.1) is 6.04 Å². The van der Waals surface area contributed by atoms with Gasteiger partial charge < -0.3 is 9.64 Å². The van der Waals surface area contributed by atoms with Crippen molar-refractivity contribution < 1.29 is 9.53 Å². The number of ether oxygens (including phenoxy) is 1. The van der Waals surface area contributed by atoms with Gasteiger partial charge in [-0.1, -0.05) is 46.3 Å². The second-order valence-corrected chi connectivity index (χ2v) is 4.95. The van der Waals surface area contributed by atoms with E-state index in [0.717, 1.165) is 24.7 Å². The molecule has 0 aliphatic carbocycles. The summed E-state index contributed by atoms with van der Waals surface area (Å²) in [6.07, 6.45) is 1.65. The van der Waals surface area contributed by atoms with E-state index in [9.17, 15) is 4.79 Å². The summed E-state index contributed by atoms with van der Waals surface area (Å²) >= 11 is 3.38. The Kier molecular flexibility index (Phi) is 4.42. The summed E-state index contributed by atoms with van der Waals surface area (Å²) in [7, 11) is 0. The molecule has 92 valence electrons. The fourth-order valence-electron chi connectivity index (χ4n) is 2.05. The molecular weight excluding hydrogens is 282 g/mol. The fourth-order valence-corrected chi connectivity index (χ4v) is 2.30. The molecule has 1 atom stereocenters. The van der Waals surface area contributed by atoms with E-state index in [1.807, 2.05) is 23.1 Å². The highest BCUT2D eigenvalue weighted by Gasteiger charge is 2.32. The summed E-state index contributed by atoms with van der Waals surface area (Å²) in [4.78, 5) is 13.4. The first kappa shape index (κ1) is 12.4. The summed E-state index contributed by atoms with van der Waals surface area (Å²) in [5.41, 5.74) is 1.25. The van der Waals surface area contributed by atoms with Crippen LogP contribution >= 0.6 is 15.9 Å². The topological polar surface area (TPSA) is 29.5 Å². The van der Waals surface area contributed by atoms with Gasteiger partial charge in [-0.2, -0.15) is 0 Å². The average Bonchev–Trinajstić information content (AvgIpc) is 2.69. The molecule has 1 fully saturated rings. The van der Waals surface area contributed by atoms with Gasteiger partial charge in [-0.25, -0.2) is 4.79 Å². The predicted molar refractivity (Wildman–Crippen MR) is 70.4 cm³/mol. The Hall–Kier alpha value is -1.03. The molecule has 1 amide bonds. The van der Waals surface area contributed by atoms with Gasteiger partial charge in [0.25, 0.3) is 0 Å². The van der Waals surface area contributed by atoms with Crippen LogP contribution in [0.5, 0.6) is 0 Å². The van der Waals surface area contributed by atoms with Crippen LogP contribution in [0, 0.1) is 0 Å². The third-order valence-electron chi connectivity index (χ3n) is 2.92. The summed E-state index contributed by atoms with van der Waals surface area (Å²) in [6.45, 7) is 1.28. The van der Waals surface area contributed by atoms with E-state index in [1.54, 1.807) is 0 Å². The molecule has 0 radical (unpaired) electrons. The van der Waals surface area contributed by atoms with Crippen LogP contribution in [0.15, 0.2) is 30.3 Å². The van der Waals surface area contributed by atoms with Crippen molar-refractivity contribution >= 4 is 22.0 Å². The molecule has 1 aliphatic heterocycles. The molecule has 0 N–H and O–H groups in total. The normalized spacial score (nSPS) is 19.5. The standard InChI is InChI=1S/C13H16BrNO2/c14-7-4-8-15-12(10-17-13(15)16)9-11-5-2-1-3-6-11/h1-3,5-6,12H,4,7-10H2/t12-/m1/s1. The highest BCUT2D eigenvalue weighted by Crippen LogP contribution is 2.17. The molecular formula is C13H16BrNO2. The zero-order valence-corrected chi connectivity index (χ0v) is 11.2. The van der Waals surface area contributed by atoms with Crippen LogP contribution in [0.2, 0.25) is 0 Å². The second-order valence-electron chi connectivity index (χ2n) is 4.16. The lowest BCUT2D eigenvalue weighted by atomic mass is 10.1. The Morgan fingerprint density at radius 2 is 2.12 bits per heavy atom. The predicted octanol–water partition coefficient (Wildman–Crippen LogP) is 2.83. The van der Waals surface area contributed by atoms with Gasteiger partial charge in [-0.05, 0) is 18.4 Å². The van der Waals surface area contributed by atoms with Gasteiger partial charge in [0.1, 0.15) is 6.61 Å². The van der Waals surface area contributed by atoms with Crippen LogP contribution in [0.3, 0.4) is 0 Å². The van der Waals surface area contributed by atoms with Crippen molar-refractivity contribution in [2.24, 2.45) is 0 Å². The van der Waals surface area contributed by atoms with Gasteiger partial charge >= 0.3 is 6.09 Å². The Bertz CT molecular complexity index is 369. The van der Waals surface area contributed by atoms with E-state index in [0.29, 0.717) is 6.61 Å². The van der Waals surface area contributed by atoms with Crippen LogP contribution in [-0.2, 0) is 11.2 Å². The molecule has 1 saturated heterocycles. The van der Waals surface area contributed by atoms with Gasteiger partial charge in [-0.15, -0.1) is 0 Å². The van der Waals surface area contributed by atoms with Crippen LogP contribution in [-0.4, -0.2) is 35.5 Å². The molecule has 1 aliphatic rings. The van der Waals surface area contributed by atoms with E-state index < -0.39 is 0 Å². The number of amides is 1. The monoisotopic (exact) mass is 297 g/mol. The molecule has 4 heteroatoms. The maximum absolute atomic E-state index is 11.6. The van der Waals surface area contributed by atoms with Crippen molar-refractivity contribution in [2.45, 2.75) is 18.9 Å². The summed E-state index contributed by atoms with van der Waals surface area (Å²) in [6, 6.07) is 10.4. The third kappa shape index (κ3) is 3.22. The first-order chi connectivity index (χ1) is 8.31. The Balaban J connectivity index is 1.97. The summed E-state index contributed by atoms with van der Waals surface area (Å²) in [5, 5.41) is 0.912. The van der Waals surface area contributed by atoms with Crippen molar-refractivity contribution in [2.75, 3.05) is 18.5 Å². The third-order valence-corrected chi connectivity index (χ3v) is 3.48. The molecule has 3 nitrogen and oxygen atoms in total. The van der Waals surface area contributed by atoms with E-state index >= 15 is 0 Å². The van der Waals surface area contributed by atoms with Crippen molar-refractivity contribution in [3.05, 3.63) is 35.9 Å². The van der Waals surface area contributed by atoms with Crippen molar-refractivity contribution in [1.82, 2.24) is 4.90 Å². The number of cyclic esters (lactones) is 1. The number of alkyl halides is 1. The van der Waals surface area contributed by atoms with Crippen LogP contribution in [0.25, 0.3) is 0 Å². The molecule has 0 aromatic heterocycles. The molecule has 0 bridgehead atoms. The summed E-state index contributed by atoms with van der Waals surface area (Å²) < 4.78 is 5.12. The van der Waals surface area contributed by atoms with Crippen LogP contribution in [0.1, 0.15) is 12.0 Å². The molecule has 1 heterocycles. The van der Waals surface area contributed by atoms with E-state index in [2.05, 4.69) is 28.1 Å². The number of rotatable bonds is 5. The second kappa shape index (κ2) is 6.05. The lowest BCUT2D eigenvalue weighted by Gasteiger charge is -2.20. The number of hydrogen-bond acceptors (Lipinski definition) is 2. The first-order valence-electron chi connectivity index (χ1n) is 5.84. The molecule has 1 aromatic carbocycles. The zero-order chi connectivity index (χ0) is 12.1. The average molecular weight is 298 g/mol. The van der Waals surface area contributed by atoms with Crippen molar-refractivity contribution in [3.8, 4) is 0 Å². The fraction of sp³-hybridized carbons (Fsp3) is 0.462.